The molecule has 1 heterocycles. The predicted octanol–water partition coefficient (Wildman–Crippen LogP) is 2.01. The maximum absolute atomic E-state index is 12.1. The van der Waals surface area contributed by atoms with Crippen molar-refractivity contribution in [3.05, 3.63) is 47.8 Å². The first-order valence-corrected chi connectivity index (χ1v) is 5.69. The Bertz CT molecular complexity index is 660. The molecule has 102 valence electrons. The molecule has 1 N–H and O–H groups in total. The highest BCUT2D eigenvalue weighted by Gasteiger charge is 2.15. The van der Waals surface area contributed by atoms with Crippen molar-refractivity contribution in [1.29, 1.82) is 5.26 Å². The number of alkyl halides is 2. The summed E-state index contributed by atoms with van der Waals surface area (Å²) in [4.78, 5) is 10.8. The fourth-order valence-corrected chi connectivity index (χ4v) is 1.64. The van der Waals surface area contributed by atoms with Crippen LogP contribution in [-0.2, 0) is 11.3 Å². The fourth-order valence-electron chi connectivity index (χ4n) is 1.64. The zero-order valence-corrected chi connectivity index (χ0v) is 10.3. The zero-order chi connectivity index (χ0) is 14.5. The van der Waals surface area contributed by atoms with Crippen LogP contribution in [0.5, 0.6) is 0 Å². The van der Waals surface area contributed by atoms with Gasteiger partial charge in [0, 0.05) is 6.20 Å². The van der Waals surface area contributed by atoms with Gasteiger partial charge in [-0.1, -0.05) is 12.1 Å². The lowest BCUT2D eigenvalue weighted by Crippen LogP contribution is -2.19. The number of carbonyl (C=O) groups excluding carboxylic acids is 1. The van der Waals surface area contributed by atoms with Crippen LogP contribution in [0.2, 0.25) is 0 Å². The number of rotatable bonds is 4. The summed E-state index contributed by atoms with van der Waals surface area (Å²) in [5, 5.41) is 14.8. The second kappa shape index (κ2) is 5.93. The maximum atomic E-state index is 12.1. The lowest BCUT2D eigenvalue weighted by Gasteiger charge is -2.02. The van der Waals surface area contributed by atoms with Gasteiger partial charge in [0.15, 0.2) is 0 Å². The summed E-state index contributed by atoms with van der Waals surface area (Å²) in [7, 11) is 0. The maximum Gasteiger partial charge on any atom is 0.315 e. The van der Waals surface area contributed by atoms with Gasteiger partial charge in [-0.2, -0.15) is 19.1 Å². The molecule has 0 radical (unpaired) electrons. The molecule has 0 aliphatic carbocycles. The number of benzene rings is 1. The summed E-state index contributed by atoms with van der Waals surface area (Å²) in [6.07, 6.45) is -0.334. The van der Waals surface area contributed by atoms with Gasteiger partial charge in [0.05, 0.1) is 30.1 Å². The summed E-state index contributed by atoms with van der Waals surface area (Å²) in [5.41, 5.74) is 1.58. The van der Waals surface area contributed by atoms with E-state index in [1.54, 1.807) is 18.2 Å². The molecule has 5 nitrogen and oxygen atoms in total. The van der Waals surface area contributed by atoms with E-state index in [2.05, 4.69) is 5.10 Å². The van der Waals surface area contributed by atoms with E-state index in [-0.39, 0.29) is 5.69 Å². The first kappa shape index (κ1) is 13.7. The van der Waals surface area contributed by atoms with Gasteiger partial charge in [-0.3, -0.25) is 9.48 Å². The number of aromatic nitrogens is 2. The van der Waals surface area contributed by atoms with Crippen LogP contribution in [0.4, 0.5) is 14.5 Å². The van der Waals surface area contributed by atoms with Crippen molar-refractivity contribution in [3.8, 4) is 6.07 Å². The summed E-state index contributed by atoms with van der Waals surface area (Å²) >= 11 is 0. The van der Waals surface area contributed by atoms with Crippen LogP contribution in [0, 0.1) is 11.3 Å². The molecule has 0 aliphatic rings. The molecule has 0 saturated heterocycles. The van der Waals surface area contributed by atoms with Gasteiger partial charge in [-0.05, 0) is 17.7 Å². The van der Waals surface area contributed by atoms with Gasteiger partial charge in [0.1, 0.15) is 0 Å². The van der Waals surface area contributed by atoms with Crippen molar-refractivity contribution in [2.75, 3.05) is 5.32 Å². The number of nitriles is 1. The normalized spacial score (nSPS) is 10.3. The van der Waals surface area contributed by atoms with Crippen molar-refractivity contribution >= 4 is 11.6 Å². The van der Waals surface area contributed by atoms with Crippen molar-refractivity contribution in [1.82, 2.24) is 9.78 Å². The Morgan fingerprint density at radius 1 is 1.50 bits per heavy atom. The van der Waals surface area contributed by atoms with E-state index < -0.39 is 12.3 Å². The van der Waals surface area contributed by atoms with Crippen molar-refractivity contribution in [2.45, 2.75) is 13.0 Å². The topological polar surface area (TPSA) is 70.7 Å². The highest BCUT2D eigenvalue weighted by Crippen LogP contribution is 2.10. The highest BCUT2D eigenvalue weighted by atomic mass is 19.3. The van der Waals surface area contributed by atoms with E-state index in [4.69, 9.17) is 5.26 Å². The van der Waals surface area contributed by atoms with Crippen LogP contribution in [0.25, 0.3) is 0 Å². The lowest BCUT2D eigenvalue weighted by molar-refractivity contribution is -0.126. The summed E-state index contributed by atoms with van der Waals surface area (Å²) in [5.74, 6) is -1.36. The molecule has 0 aliphatic heterocycles. The Morgan fingerprint density at radius 3 is 3.00 bits per heavy atom. The molecule has 0 fully saturated rings. The first-order valence-electron chi connectivity index (χ1n) is 5.69. The average Bonchev–Trinajstić information content (AvgIpc) is 2.86. The third kappa shape index (κ3) is 3.38. The molecule has 0 atom stereocenters. The minimum absolute atomic E-state index is 0.201. The molecule has 1 aromatic carbocycles. The minimum atomic E-state index is -3.06. The van der Waals surface area contributed by atoms with Crippen LogP contribution in [0.3, 0.4) is 0 Å². The van der Waals surface area contributed by atoms with Crippen LogP contribution in [0.15, 0.2) is 36.7 Å². The van der Waals surface area contributed by atoms with Gasteiger partial charge in [0.2, 0.25) is 0 Å². The van der Waals surface area contributed by atoms with Crippen molar-refractivity contribution in [3.63, 3.8) is 0 Å². The largest absolute Gasteiger partial charge is 0.318 e. The molecule has 1 amide bonds. The van der Waals surface area contributed by atoms with E-state index in [0.717, 1.165) is 5.56 Å². The van der Waals surface area contributed by atoms with E-state index >= 15 is 0 Å². The molecule has 20 heavy (non-hydrogen) atoms. The van der Waals surface area contributed by atoms with Gasteiger partial charge < -0.3 is 5.32 Å². The summed E-state index contributed by atoms with van der Waals surface area (Å²) in [6.45, 7) is 0.375. The second-order valence-corrected chi connectivity index (χ2v) is 4.03. The monoisotopic (exact) mass is 276 g/mol. The number of nitrogens with one attached hydrogen (secondary N) is 1. The van der Waals surface area contributed by atoms with Crippen LogP contribution in [0.1, 0.15) is 11.1 Å². The zero-order valence-electron chi connectivity index (χ0n) is 10.3. The molecule has 0 spiro atoms. The summed E-state index contributed by atoms with van der Waals surface area (Å²) < 4.78 is 25.6. The van der Waals surface area contributed by atoms with Crippen molar-refractivity contribution < 1.29 is 13.6 Å². The fraction of sp³-hybridized carbons (Fsp3) is 0.154. The number of amides is 1. The molecule has 2 rings (SSSR count). The second-order valence-electron chi connectivity index (χ2n) is 4.03. The van der Waals surface area contributed by atoms with Crippen LogP contribution < -0.4 is 5.32 Å². The third-order valence-corrected chi connectivity index (χ3v) is 2.50. The number of hydrogen-bond acceptors (Lipinski definition) is 3. The van der Waals surface area contributed by atoms with Crippen LogP contribution >= 0.6 is 0 Å². The highest BCUT2D eigenvalue weighted by molar-refractivity contribution is 5.92. The minimum Gasteiger partial charge on any atom is -0.318 e. The predicted molar refractivity (Wildman–Crippen MR) is 67.1 cm³/mol. The standard InChI is InChI=1S/C13H10F2N4O/c14-12(15)13(20)18-11-6-17-19(8-11)7-10-3-1-2-9(4-10)5-16/h1-4,6,8,12H,7H2,(H,18,20). The van der Waals surface area contributed by atoms with E-state index in [9.17, 15) is 13.6 Å². The molecular formula is C13H10F2N4O. The first-order chi connectivity index (χ1) is 9.58. The average molecular weight is 276 g/mol. The quantitative estimate of drug-likeness (QED) is 0.928. The number of anilines is 1. The molecule has 0 bridgehead atoms. The van der Waals surface area contributed by atoms with Gasteiger partial charge in [-0.25, -0.2) is 0 Å². The molecule has 0 unspecified atom stereocenters. The Labute approximate surface area is 113 Å². The molecule has 1 aromatic heterocycles. The SMILES string of the molecule is N#Cc1cccc(Cn2cc(NC(=O)C(F)F)cn2)c1. The smallest absolute Gasteiger partial charge is 0.315 e. The van der Waals surface area contributed by atoms with E-state index in [1.165, 1.54) is 17.1 Å². The summed E-state index contributed by atoms with van der Waals surface area (Å²) in [6, 6.07) is 8.98. The number of hydrogen-bond donors (Lipinski definition) is 1. The van der Waals surface area contributed by atoms with Crippen LogP contribution in [-0.4, -0.2) is 22.1 Å². The number of nitrogens with zero attached hydrogens (tertiary/aromatic N) is 3. The Balaban J connectivity index is 2.06. The third-order valence-electron chi connectivity index (χ3n) is 2.50. The van der Waals surface area contributed by atoms with Gasteiger partial charge in [0.25, 0.3) is 5.91 Å². The lowest BCUT2D eigenvalue weighted by atomic mass is 10.1. The van der Waals surface area contributed by atoms with E-state index in [1.807, 2.05) is 17.5 Å². The molecule has 7 heteroatoms. The van der Waals surface area contributed by atoms with E-state index in [0.29, 0.717) is 12.1 Å². The Morgan fingerprint density at radius 2 is 2.30 bits per heavy atom. The Hall–Kier alpha value is -2.75. The number of carbonyl (C=O) groups is 1. The van der Waals surface area contributed by atoms with Gasteiger partial charge in [-0.15, -0.1) is 0 Å². The van der Waals surface area contributed by atoms with Gasteiger partial charge >= 0.3 is 6.43 Å². The Kier molecular flexibility index (Phi) is 4.05. The molecule has 0 saturated carbocycles. The van der Waals surface area contributed by atoms with Crippen molar-refractivity contribution in [2.24, 2.45) is 0 Å². The number of halogens is 2. The molecule has 2 aromatic rings. The molecular weight excluding hydrogens is 266 g/mol.